The predicted octanol–water partition coefficient (Wildman–Crippen LogP) is 5.25. The van der Waals surface area contributed by atoms with Crippen molar-refractivity contribution in [3.8, 4) is 0 Å². The van der Waals surface area contributed by atoms with Gasteiger partial charge in [0.25, 0.3) is 0 Å². The highest BCUT2D eigenvalue weighted by molar-refractivity contribution is 6.30. The van der Waals surface area contributed by atoms with Gasteiger partial charge >= 0.3 is 5.63 Å². The van der Waals surface area contributed by atoms with E-state index in [9.17, 15) is 14.7 Å². The van der Waals surface area contributed by atoms with E-state index < -0.39 is 11.2 Å². The summed E-state index contributed by atoms with van der Waals surface area (Å²) >= 11 is 5.96. The summed E-state index contributed by atoms with van der Waals surface area (Å²) in [6.07, 6.45) is 3.12. The number of amides is 1. The molecule has 2 aromatic carbocycles. The molecular weight excluding hydrogens is 454 g/mol. The average Bonchev–Trinajstić information content (AvgIpc) is 3.18. The van der Waals surface area contributed by atoms with E-state index in [2.05, 4.69) is 0 Å². The molecule has 1 fully saturated rings. The number of fused-ring (bicyclic) bond motifs is 2. The average molecular weight is 480 g/mol. The van der Waals surface area contributed by atoms with Crippen molar-refractivity contribution in [3.63, 3.8) is 0 Å². The van der Waals surface area contributed by atoms with Crippen molar-refractivity contribution >= 4 is 39.4 Å². The Morgan fingerprint density at radius 3 is 2.50 bits per heavy atom. The van der Waals surface area contributed by atoms with E-state index in [0.717, 1.165) is 27.5 Å². The molecular formula is C27H26ClNO5. The lowest BCUT2D eigenvalue weighted by Crippen LogP contribution is -2.45. The Bertz CT molecular complexity index is 1440. The molecule has 3 heterocycles. The predicted molar refractivity (Wildman–Crippen MR) is 131 cm³/mol. The topological polar surface area (TPSA) is 83.9 Å². The van der Waals surface area contributed by atoms with Gasteiger partial charge in [-0.15, -0.1) is 0 Å². The number of hydrogen-bond donors (Lipinski definition) is 1. The van der Waals surface area contributed by atoms with Crippen LogP contribution in [0.25, 0.3) is 21.9 Å². The van der Waals surface area contributed by atoms with Crippen LogP contribution < -0.4 is 5.63 Å². The van der Waals surface area contributed by atoms with Crippen molar-refractivity contribution in [1.82, 2.24) is 4.90 Å². The first-order valence-electron chi connectivity index (χ1n) is 11.5. The third-order valence-electron chi connectivity index (χ3n) is 7.09. The van der Waals surface area contributed by atoms with Crippen LogP contribution in [0.3, 0.4) is 0 Å². The number of halogens is 1. The summed E-state index contributed by atoms with van der Waals surface area (Å²) in [5, 5.41) is 13.5. The number of nitrogens with zero attached hydrogens (tertiary/aromatic N) is 1. The molecule has 1 saturated heterocycles. The summed E-state index contributed by atoms with van der Waals surface area (Å²) in [6.45, 7) is 4.79. The number of rotatable bonds is 4. The molecule has 5 rings (SSSR count). The first-order valence-corrected chi connectivity index (χ1v) is 11.8. The molecule has 0 aliphatic carbocycles. The van der Waals surface area contributed by atoms with Crippen LogP contribution in [-0.4, -0.2) is 29.0 Å². The molecule has 6 nitrogen and oxygen atoms in total. The maximum Gasteiger partial charge on any atom is 0.339 e. The molecule has 1 aliphatic heterocycles. The van der Waals surface area contributed by atoms with Gasteiger partial charge in [0, 0.05) is 46.9 Å². The number of hydrogen-bond acceptors (Lipinski definition) is 5. The molecule has 7 heteroatoms. The maximum absolute atomic E-state index is 12.9. The van der Waals surface area contributed by atoms with E-state index in [0.29, 0.717) is 54.1 Å². The Morgan fingerprint density at radius 2 is 1.79 bits per heavy atom. The number of aryl methyl sites for hydroxylation is 2. The molecule has 0 spiro atoms. The van der Waals surface area contributed by atoms with Gasteiger partial charge in [-0.05, 0) is 68.0 Å². The molecule has 34 heavy (non-hydrogen) atoms. The van der Waals surface area contributed by atoms with Gasteiger partial charge in [0.2, 0.25) is 5.91 Å². The normalized spacial score (nSPS) is 15.8. The number of benzene rings is 2. The Kier molecular flexibility index (Phi) is 5.74. The number of likely N-dealkylation sites (tertiary alicyclic amines) is 1. The van der Waals surface area contributed by atoms with Crippen molar-refractivity contribution in [3.05, 3.63) is 80.4 Å². The van der Waals surface area contributed by atoms with Crippen LogP contribution in [0.1, 0.15) is 41.5 Å². The molecule has 0 atom stereocenters. The molecule has 1 amide bonds. The number of piperidine rings is 1. The highest BCUT2D eigenvalue weighted by Gasteiger charge is 2.35. The number of carbonyl (C=O) groups excluding carboxylic acids is 1. The molecule has 1 aliphatic rings. The molecule has 0 bridgehead atoms. The van der Waals surface area contributed by atoms with Gasteiger partial charge in [-0.2, -0.15) is 0 Å². The lowest BCUT2D eigenvalue weighted by molar-refractivity contribution is -0.135. The highest BCUT2D eigenvalue weighted by Crippen LogP contribution is 2.34. The zero-order chi connectivity index (χ0) is 24.0. The minimum atomic E-state index is -0.964. The summed E-state index contributed by atoms with van der Waals surface area (Å²) < 4.78 is 11.1. The van der Waals surface area contributed by atoms with Gasteiger partial charge in [0.1, 0.15) is 11.2 Å². The van der Waals surface area contributed by atoms with Crippen molar-refractivity contribution in [1.29, 1.82) is 0 Å². The summed E-state index contributed by atoms with van der Waals surface area (Å²) in [5.41, 5.74) is 2.97. The van der Waals surface area contributed by atoms with Gasteiger partial charge in [-0.3, -0.25) is 4.79 Å². The second kappa shape index (κ2) is 8.60. The second-order valence-corrected chi connectivity index (χ2v) is 9.61. The zero-order valence-electron chi connectivity index (χ0n) is 19.2. The smallest absolute Gasteiger partial charge is 0.339 e. The fraction of sp³-hybridized carbons (Fsp3) is 0.333. The van der Waals surface area contributed by atoms with Crippen LogP contribution >= 0.6 is 11.6 Å². The quantitative estimate of drug-likeness (QED) is 0.404. The third kappa shape index (κ3) is 4.01. The van der Waals surface area contributed by atoms with E-state index in [4.69, 9.17) is 20.4 Å². The number of carbonyl (C=O) groups is 1. The second-order valence-electron chi connectivity index (χ2n) is 9.18. The summed E-state index contributed by atoms with van der Waals surface area (Å²) in [5.74, 6) is -0.0295. The number of furan rings is 1. The van der Waals surface area contributed by atoms with Gasteiger partial charge in [0.15, 0.2) is 0 Å². The Hall–Kier alpha value is -3.09. The molecule has 4 aromatic rings. The van der Waals surface area contributed by atoms with Crippen molar-refractivity contribution in [2.75, 3.05) is 13.1 Å². The Morgan fingerprint density at radius 1 is 1.09 bits per heavy atom. The zero-order valence-corrected chi connectivity index (χ0v) is 19.9. The Balaban J connectivity index is 1.29. The summed E-state index contributed by atoms with van der Waals surface area (Å²) in [7, 11) is 0. The lowest BCUT2D eigenvalue weighted by atomic mass is 9.84. The van der Waals surface area contributed by atoms with Gasteiger partial charge < -0.3 is 18.8 Å². The molecule has 0 radical (unpaired) electrons. The van der Waals surface area contributed by atoms with Crippen molar-refractivity contribution in [2.45, 2.75) is 45.1 Å². The van der Waals surface area contributed by atoms with Crippen molar-refractivity contribution in [2.24, 2.45) is 0 Å². The van der Waals surface area contributed by atoms with Crippen LogP contribution in [0.15, 0.2) is 56.3 Å². The molecule has 176 valence electrons. The SMILES string of the molecule is Cc1coc2cc3oc(=O)c(CCC(=O)N4CCC(O)(c5ccc(Cl)cc5)CC4)c(C)c3cc12. The van der Waals surface area contributed by atoms with E-state index in [1.165, 1.54) is 0 Å². The van der Waals surface area contributed by atoms with E-state index in [-0.39, 0.29) is 12.3 Å². The molecule has 1 N–H and O–H groups in total. The first kappa shape index (κ1) is 22.7. The largest absolute Gasteiger partial charge is 0.464 e. The minimum Gasteiger partial charge on any atom is -0.464 e. The standard InChI is InChI=1S/C27H26ClNO5/c1-16-15-33-23-14-24-22(13-21(16)23)17(2)20(26(31)34-24)7-8-25(30)29-11-9-27(32,10-12-29)18-3-5-19(28)6-4-18/h3-6,13-15,32H,7-12H2,1-2H3. The van der Waals surface area contributed by atoms with Gasteiger partial charge in [-0.25, -0.2) is 4.79 Å². The molecule has 0 unspecified atom stereocenters. The van der Waals surface area contributed by atoms with Crippen molar-refractivity contribution < 1.29 is 18.7 Å². The number of aliphatic hydroxyl groups is 1. The Labute approximate surface area is 201 Å². The fourth-order valence-corrected chi connectivity index (χ4v) is 5.02. The summed E-state index contributed by atoms with van der Waals surface area (Å²) in [4.78, 5) is 27.4. The maximum atomic E-state index is 12.9. The van der Waals surface area contributed by atoms with Gasteiger partial charge in [0.05, 0.1) is 11.9 Å². The van der Waals surface area contributed by atoms with Crippen LogP contribution in [0.4, 0.5) is 0 Å². The van der Waals surface area contributed by atoms with E-state index >= 15 is 0 Å². The minimum absolute atomic E-state index is 0.0295. The highest BCUT2D eigenvalue weighted by atomic mass is 35.5. The van der Waals surface area contributed by atoms with Crippen LogP contribution in [-0.2, 0) is 16.8 Å². The van der Waals surface area contributed by atoms with Crippen LogP contribution in [0.2, 0.25) is 5.02 Å². The lowest BCUT2D eigenvalue weighted by Gasteiger charge is -2.38. The van der Waals surface area contributed by atoms with Crippen LogP contribution in [0.5, 0.6) is 0 Å². The van der Waals surface area contributed by atoms with Gasteiger partial charge in [-0.1, -0.05) is 23.7 Å². The first-order chi connectivity index (χ1) is 16.2. The summed E-state index contributed by atoms with van der Waals surface area (Å²) in [6, 6.07) is 10.9. The van der Waals surface area contributed by atoms with E-state index in [1.54, 1.807) is 29.4 Å². The fourth-order valence-electron chi connectivity index (χ4n) is 4.89. The van der Waals surface area contributed by atoms with E-state index in [1.807, 2.05) is 32.0 Å². The monoisotopic (exact) mass is 479 g/mol. The van der Waals surface area contributed by atoms with Crippen LogP contribution in [0, 0.1) is 13.8 Å². The molecule has 2 aromatic heterocycles. The third-order valence-corrected chi connectivity index (χ3v) is 7.34. The molecule has 0 saturated carbocycles.